The van der Waals surface area contributed by atoms with Crippen LogP contribution < -0.4 is 38.9 Å². The van der Waals surface area contributed by atoms with Gasteiger partial charge >= 0.3 is 5.97 Å². The zero-order valence-corrected chi connectivity index (χ0v) is 19.9. The van der Waals surface area contributed by atoms with E-state index in [4.69, 9.17) is 28.0 Å². The quantitative estimate of drug-likeness (QED) is 0.0566. The van der Waals surface area contributed by atoms with Gasteiger partial charge in [0.2, 0.25) is 17.7 Å². The Bertz CT molecular complexity index is 660. The maximum Gasteiger partial charge on any atom is 0.322 e. The Morgan fingerprint density at radius 2 is 1.58 bits per heavy atom. The van der Waals surface area contributed by atoms with Crippen molar-refractivity contribution in [2.24, 2.45) is 27.9 Å². The number of nitrogens with zero attached hydrogens (tertiary/aromatic N) is 1. The third-order valence-electron chi connectivity index (χ3n) is 4.54. The lowest BCUT2D eigenvalue weighted by atomic mass is 10.1. The predicted molar refractivity (Wildman–Crippen MR) is 128 cm³/mol. The highest BCUT2D eigenvalue weighted by Gasteiger charge is 2.27. The highest BCUT2D eigenvalue weighted by Crippen LogP contribution is 2.06. The Morgan fingerprint density at radius 1 is 0.939 bits per heavy atom. The monoisotopic (exact) mass is 490 g/mol. The number of carbonyl (C=O) groups is 4. The SMILES string of the molecule is CSCCC(NC(=O)C(N)CCCCN)C(=O)NC(CCCN=C(N)N)C(=O)NCC(=O)O. The Balaban J connectivity index is 5.20. The number of hydrogen-bond acceptors (Lipinski definition) is 8. The fourth-order valence-corrected chi connectivity index (χ4v) is 3.22. The van der Waals surface area contributed by atoms with Crippen LogP contribution in [0.5, 0.6) is 0 Å². The Hall–Kier alpha value is -2.58. The van der Waals surface area contributed by atoms with Crippen molar-refractivity contribution in [1.29, 1.82) is 0 Å². The summed E-state index contributed by atoms with van der Waals surface area (Å²) >= 11 is 1.50. The van der Waals surface area contributed by atoms with Crippen LogP contribution in [0.2, 0.25) is 0 Å². The van der Waals surface area contributed by atoms with E-state index in [1.54, 1.807) is 0 Å². The second-order valence-corrected chi connectivity index (χ2v) is 8.34. The predicted octanol–water partition coefficient (Wildman–Crippen LogP) is -2.58. The van der Waals surface area contributed by atoms with Crippen molar-refractivity contribution in [2.75, 3.05) is 31.6 Å². The third-order valence-corrected chi connectivity index (χ3v) is 5.19. The average Bonchev–Trinajstić information content (AvgIpc) is 2.76. The number of nitrogens with two attached hydrogens (primary N) is 4. The van der Waals surface area contributed by atoms with Gasteiger partial charge in [0, 0.05) is 6.54 Å². The first-order valence-electron chi connectivity index (χ1n) is 10.7. The van der Waals surface area contributed by atoms with E-state index in [0.29, 0.717) is 38.0 Å². The minimum atomic E-state index is -1.22. The molecule has 13 nitrogen and oxygen atoms in total. The molecule has 0 aromatic rings. The highest BCUT2D eigenvalue weighted by atomic mass is 32.2. The molecule has 0 bridgehead atoms. The van der Waals surface area contributed by atoms with Crippen LogP contribution in [0.3, 0.4) is 0 Å². The maximum atomic E-state index is 12.9. The van der Waals surface area contributed by atoms with E-state index in [2.05, 4.69) is 20.9 Å². The maximum absolute atomic E-state index is 12.9. The highest BCUT2D eigenvalue weighted by molar-refractivity contribution is 7.98. The molecule has 0 rings (SSSR count). The number of hydrogen-bond donors (Lipinski definition) is 8. The van der Waals surface area contributed by atoms with E-state index >= 15 is 0 Å². The molecule has 14 heteroatoms. The number of guanidine groups is 1. The number of carboxylic acid groups (broad SMARTS) is 1. The van der Waals surface area contributed by atoms with E-state index in [0.717, 1.165) is 6.42 Å². The molecule has 3 atom stereocenters. The molecule has 0 aromatic heterocycles. The first kappa shape index (κ1) is 30.4. The van der Waals surface area contributed by atoms with Gasteiger partial charge in [-0.15, -0.1) is 0 Å². The van der Waals surface area contributed by atoms with Gasteiger partial charge in [-0.25, -0.2) is 0 Å². The van der Waals surface area contributed by atoms with Crippen LogP contribution in [0.15, 0.2) is 4.99 Å². The largest absolute Gasteiger partial charge is 0.480 e. The van der Waals surface area contributed by atoms with Crippen molar-refractivity contribution < 1.29 is 24.3 Å². The Labute approximate surface area is 198 Å². The molecule has 0 spiro atoms. The molecule has 33 heavy (non-hydrogen) atoms. The number of aliphatic carboxylic acids is 1. The van der Waals surface area contributed by atoms with Crippen LogP contribution in [0.25, 0.3) is 0 Å². The number of carbonyl (C=O) groups excluding carboxylic acids is 3. The normalized spacial score (nSPS) is 13.3. The van der Waals surface area contributed by atoms with Gasteiger partial charge < -0.3 is 44.0 Å². The minimum absolute atomic E-state index is 0.103. The van der Waals surface area contributed by atoms with E-state index in [-0.39, 0.29) is 18.9 Å². The zero-order valence-electron chi connectivity index (χ0n) is 19.0. The molecule has 0 saturated carbocycles. The molecule has 3 amide bonds. The first-order valence-corrected chi connectivity index (χ1v) is 12.1. The van der Waals surface area contributed by atoms with Crippen LogP contribution in [-0.2, 0) is 19.2 Å². The summed E-state index contributed by atoms with van der Waals surface area (Å²) < 4.78 is 0. The first-order chi connectivity index (χ1) is 15.6. The van der Waals surface area contributed by atoms with E-state index in [1.165, 1.54) is 11.8 Å². The van der Waals surface area contributed by atoms with Crippen molar-refractivity contribution in [1.82, 2.24) is 16.0 Å². The molecule has 3 unspecified atom stereocenters. The van der Waals surface area contributed by atoms with E-state index < -0.39 is 48.4 Å². The molecule has 0 radical (unpaired) electrons. The van der Waals surface area contributed by atoms with Crippen molar-refractivity contribution >= 4 is 41.4 Å². The standard InChI is InChI=1S/C19H38N8O5S/c1-33-10-7-14(26-16(30)12(21)5-2-3-8-20)18(32)27-13(6-4-9-24-19(22)23)17(31)25-11-15(28)29/h12-14H,2-11,20-21H2,1H3,(H,25,31)(H,26,30)(H,27,32)(H,28,29)(H4,22,23,24). The van der Waals surface area contributed by atoms with Gasteiger partial charge in [0.1, 0.15) is 18.6 Å². The molecule has 0 fully saturated rings. The van der Waals surface area contributed by atoms with Crippen LogP contribution in [-0.4, -0.2) is 84.5 Å². The summed E-state index contributed by atoms with van der Waals surface area (Å²) in [5.74, 6) is -2.43. The lowest BCUT2D eigenvalue weighted by molar-refractivity contribution is -0.138. The summed E-state index contributed by atoms with van der Waals surface area (Å²) in [4.78, 5) is 52.4. The Kier molecular flexibility index (Phi) is 16.5. The van der Waals surface area contributed by atoms with Gasteiger partial charge in [-0.1, -0.05) is 6.42 Å². The summed E-state index contributed by atoms with van der Waals surface area (Å²) in [5.41, 5.74) is 21.9. The molecule has 0 aliphatic carbocycles. The average molecular weight is 491 g/mol. The molecule has 0 aromatic carbocycles. The molecular formula is C19H38N8O5S. The summed E-state index contributed by atoms with van der Waals surface area (Å²) in [6.45, 7) is 0.135. The van der Waals surface area contributed by atoms with Crippen LogP contribution in [0.4, 0.5) is 0 Å². The summed E-state index contributed by atoms with van der Waals surface area (Å²) in [6, 6.07) is -2.72. The van der Waals surface area contributed by atoms with Gasteiger partial charge in [-0.2, -0.15) is 11.8 Å². The van der Waals surface area contributed by atoms with Gasteiger partial charge in [-0.3, -0.25) is 24.2 Å². The van der Waals surface area contributed by atoms with Crippen LogP contribution in [0, 0.1) is 0 Å². The van der Waals surface area contributed by atoms with E-state index in [9.17, 15) is 19.2 Å². The minimum Gasteiger partial charge on any atom is -0.480 e. The van der Waals surface area contributed by atoms with Crippen LogP contribution >= 0.6 is 11.8 Å². The van der Waals surface area contributed by atoms with Gasteiger partial charge in [0.05, 0.1) is 6.04 Å². The lowest BCUT2D eigenvalue weighted by Gasteiger charge is -2.24. The summed E-state index contributed by atoms with van der Waals surface area (Å²) in [5, 5.41) is 16.3. The van der Waals surface area contributed by atoms with E-state index in [1.807, 2.05) is 6.26 Å². The second kappa shape index (κ2) is 17.9. The second-order valence-electron chi connectivity index (χ2n) is 7.36. The number of thioether (sulfide) groups is 1. The van der Waals surface area contributed by atoms with Gasteiger partial charge in [0.15, 0.2) is 5.96 Å². The number of amides is 3. The zero-order chi connectivity index (χ0) is 25.2. The number of nitrogens with one attached hydrogen (secondary N) is 3. The van der Waals surface area contributed by atoms with Gasteiger partial charge in [0.25, 0.3) is 0 Å². The molecule has 0 aliphatic rings. The number of rotatable bonds is 18. The van der Waals surface area contributed by atoms with Crippen molar-refractivity contribution in [2.45, 2.75) is 56.7 Å². The van der Waals surface area contributed by atoms with Crippen molar-refractivity contribution in [3.05, 3.63) is 0 Å². The Morgan fingerprint density at radius 3 is 2.15 bits per heavy atom. The number of aliphatic imine (C=N–C) groups is 1. The molecule has 190 valence electrons. The van der Waals surface area contributed by atoms with Crippen LogP contribution in [0.1, 0.15) is 38.5 Å². The van der Waals surface area contributed by atoms with Crippen molar-refractivity contribution in [3.63, 3.8) is 0 Å². The topological polar surface area (TPSA) is 241 Å². The smallest absolute Gasteiger partial charge is 0.322 e. The number of carboxylic acids is 1. The molecule has 0 saturated heterocycles. The summed E-state index contributed by atoms with van der Waals surface area (Å²) in [7, 11) is 0. The summed E-state index contributed by atoms with van der Waals surface area (Å²) in [6.07, 6.45) is 4.57. The fraction of sp³-hybridized carbons (Fsp3) is 0.737. The third kappa shape index (κ3) is 15.0. The number of unbranched alkanes of at least 4 members (excludes halogenated alkanes) is 1. The molecule has 12 N–H and O–H groups in total. The fourth-order valence-electron chi connectivity index (χ4n) is 2.75. The van der Waals surface area contributed by atoms with Gasteiger partial charge in [-0.05, 0) is 50.7 Å². The molecular weight excluding hydrogens is 452 g/mol. The molecule has 0 aliphatic heterocycles. The lowest BCUT2D eigenvalue weighted by Crippen LogP contribution is -2.56. The molecule has 0 heterocycles. The van der Waals surface area contributed by atoms with Crippen molar-refractivity contribution in [3.8, 4) is 0 Å².